The summed E-state index contributed by atoms with van der Waals surface area (Å²) in [6.07, 6.45) is -9.17. The van der Waals surface area contributed by atoms with Crippen LogP contribution in [-0.4, -0.2) is 42.2 Å². The number of hydrogen-bond acceptors (Lipinski definition) is 8. The third-order valence-corrected chi connectivity index (χ3v) is 6.94. The monoisotopic (exact) mass is 633 g/mol. The number of pyridine rings is 1. The van der Waals surface area contributed by atoms with Gasteiger partial charge in [-0.25, -0.2) is 17.9 Å². The minimum Gasteiger partial charge on any atom is -0.618 e. The van der Waals surface area contributed by atoms with Crippen molar-refractivity contribution in [1.82, 2.24) is 9.78 Å². The Balaban J connectivity index is 0.000000446. The van der Waals surface area contributed by atoms with Crippen molar-refractivity contribution < 1.29 is 59.2 Å². The van der Waals surface area contributed by atoms with Gasteiger partial charge in [0.05, 0.1) is 16.9 Å². The Labute approximate surface area is 234 Å². The van der Waals surface area contributed by atoms with Gasteiger partial charge in [0.15, 0.2) is 18.5 Å². The van der Waals surface area contributed by atoms with Crippen LogP contribution in [0.15, 0.2) is 47.6 Å². The van der Waals surface area contributed by atoms with Gasteiger partial charge in [-0.2, -0.15) is 41.4 Å². The largest absolute Gasteiger partial charge is 0.618 e. The van der Waals surface area contributed by atoms with Crippen molar-refractivity contribution in [3.05, 3.63) is 75.2 Å². The number of carbonyl (C=O) groups excluding carboxylic acids is 1. The van der Waals surface area contributed by atoms with E-state index in [9.17, 15) is 44.8 Å². The lowest BCUT2D eigenvalue weighted by molar-refractivity contribution is -0.646. The maximum Gasteiger partial charge on any atom is 0.435 e. The van der Waals surface area contributed by atoms with Crippen LogP contribution in [0.4, 0.5) is 26.3 Å². The number of rotatable bonds is 7. The molecular weight excluding hydrogens is 612 g/mol. The number of alkyl halides is 6. The van der Waals surface area contributed by atoms with E-state index in [-0.39, 0.29) is 16.2 Å². The third-order valence-electron chi connectivity index (χ3n) is 5.10. The van der Waals surface area contributed by atoms with Gasteiger partial charge in [-0.05, 0) is 29.7 Å². The van der Waals surface area contributed by atoms with Crippen LogP contribution in [-0.2, 0) is 33.7 Å². The fourth-order valence-electron chi connectivity index (χ4n) is 3.24. The highest BCUT2D eigenvalue weighted by atomic mass is 35.5. The summed E-state index contributed by atoms with van der Waals surface area (Å²) in [6.45, 7) is 1.45. The smallest absolute Gasteiger partial charge is 0.435 e. The Kier molecular flexibility index (Phi) is 10.6. The van der Waals surface area contributed by atoms with Crippen LogP contribution in [0.3, 0.4) is 0 Å². The van der Waals surface area contributed by atoms with E-state index in [0.717, 1.165) is 19.3 Å². The van der Waals surface area contributed by atoms with Crippen LogP contribution < -0.4 is 9.47 Å². The maximum absolute atomic E-state index is 13.3. The number of carbonyl (C=O) groups is 1. The second-order valence-corrected chi connectivity index (χ2v) is 11.0. The summed E-state index contributed by atoms with van der Waals surface area (Å²) in [4.78, 5) is 14.1. The summed E-state index contributed by atoms with van der Waals surface area (Å²) in [6, 6.07) is 8.46. The molecule has 1 aromatic carbocycles. The van der Waals surface area contributed by atoms with E-state index in [4.69, 9.17) is 16.9 Å². The molecule has 226 valence electrons. The Morgan fingerprint density at radius 3 is 2.32 bits per heavy atom. The van der Waals surface area contributed by atoms with Gasteiger partial charge >= 0.3 is 23.3 Å². The molecule has 0 atom stereocenters. The first-order valence-corrected chi connectivity index (χ1v) is 13.2. The molecule has 0 aliphatic rings. The Hall–Kier alpha value is -3.57. The van der Waals surface area contributed by atoms with Crippen molar-refractivity contribution >= 4 is 27.4 Å². The molecule has 0 bridgehead atoms. The molecule has 0 fully saturated rings. The number of benzene rings is 1. The van der Waals surface area contributed by atoms with Gasteiger partial charge in [0, 0.05) is 24.2 Å². The zero-order valence-electron chi connectivity index (χ0n) is 21.3. The fourth-order valence-corrected chi connectivity index (χ4v) is 4.87. The van der Waals surface area contributed by atoms with Crippen LogP contribution >= 0.6 is 11.6 Å². The molecule has 41 heavy (non-hydrogen) atoms. The van der Waals surface area contributed by atoms with E-state index >= 15 is 0 Å². The predicted octanol–water partition coefficient (Wildman–Crippen LogP) is 5.08. The average Bonchev–Trinajstić information content (AvgIpc) is 3.16. The molecule has 0 unspecified atom stereocenters. The number of sulfone groups is 1. The SMILES string of the molecule is CC(C)c1cc[n+]([O-])c(S(=O)(=O)Cc2c(C(F)(F)F)nn(C)c2OCC(F)(F)F)c1.O=C(OO)c1cccc(Cl)c1. The molecule has 0 aliphatic carbocycles. The molecule has 2 aromatic heterocycles. The van der Waals surface area contributed by atoms with Crippen molar-refractivity contribution in [2.24, 2.45) is 7.05 Å². The summed E-state index contributed by atoms with van der Waals surface area (Å²) in [5.41, 5.74) is -2.19. The molecule has 0 saturated heterocycles. The van der Waals surface area contributed by atoms with Crippen molar-refractivity contribution in [3.8, 4) is 5.88 Å². The standard InChI is InChI=1S/C16H17F6N3O4S.C7H5ClO3/c1-9(2)10-4-5-25(26)12(6-10)30(27,28)7-11-13(16(20,21)22)23-24(3)14(11)29-8-15(17,18)19;8-6-3-1-2-5(4-6)7(9)11-10/h4-6,9H,7-8H2,1-3H3;1-4,10H. The minimum absolute atomic E-state index is 0.0406. The minimum atomic E-state index is -5.17. The Morgan fingerprint density at radius 2 is 1.80 bits per heavy atom. The van der Waals surface area contributed by atoms with E-state index in [1.54, 1.807) is 26.0 Å². The van der Waals surface area contributed by atoms with E-state index in [1.807, 2.05) is 0 Å². The first-order chi connectivity index (χ1) is 18.8. The number of aryl methyl sites for hydroxylation is 1. The molecule has 1 N–H and O–H groups in total. The van der Waals surface area contributed by atoms with E-state index < -0.39 is 62.7 Å². The zero-order chi connectivity index (χ0) is 31.3. The fraction of sp³-hybridized carbons (Fsp3) is 0.348. The molecule has 3 aromatic rings. The highest BCUT2D eigenvalue weighted by Crippen LogP contribution is 2.37. The van der Waals surface area contributed by atoms with Gasteiger partial charge in [-0.1, -0.05) is 31.5 Å². The van der Waals surface area contributed by atoms with Crippen LogP contribution in [0.1, 0.15) is 46.9 Å². The molecule has 2 heterocycles. The number of nitrogens with zero attached hydrogens (tertiary/aromatic N) is 3. The van der Waals surface area contributed by atoms with Gasteiger partial charge in [-0.3, -0.25) is 4.89 Å². The topological polar surface area (TPSA) is 135 Å². The number of aromatic nitrogens is 3. The number of halogens is 7. The summed E-state index contributed by atoms with van der Waals surface area (Å²) in [7, 11) is -3.83. The summed E-state index contributed by atoms with van der Waals surface area (Å²) in [5.74, 6) is -3.46. The highest BCUT2D eigenvalue weighted by molar-refractivity contribution is 7.90. The van der Waals surface area contributed by atoms with Gasteiger partial charge in [0.25, 0.3) is 0 Å². The van der Waals surface area contributed by atoms with E-state index in [2.05, 4.69) is 14.7 Å². The summed E-state index contributed by atoms with van der Waals surface area (Å²) in [5, 5.41) is 22.6. The second-order valence-electron chi connectivity index (χ2n) is 8.58. The maximum atomic E-state index is 13.3. The van der Waals surface area contributed by atoms with Crippen molar-refractivity contribution in [2.45, 2.75) is 42.9 Å². The molecule has 10 nitrogen and oxygen atoms in total. The third kappa shape index (κ3) is 9.22. The summed E-state index contributed by atoms with van der Waals surface area (Å²) >= 11 is 5.56. The Morgan fingerprint density at radius 1 is 1.17 bits per heavy atom. The lowest BCUT2D eigenvalue weighted by atomic mass is 10.1. The first-order valence-electron chi connectivity index (χ1n) is 11.2. The van der Waals surface area contributed by atoms with Crippen molar-refractivity contribution in [2.75, 3.05) is 6.61 Å². The summed E-state index contributed by atoms with van der Waals surface area (Å²) < 4.78 is 108. The lowest BCUT2D eigenvalue weighted by Gasteiger charge is -2.13. The van der Waals surface area contributed by atoms with E-state index in [1.165, 1.54) is 18.2 Å². The van der Waals surface area contributed by atoms with Crippen molar-refractivity contribution in [1.29, 1.82) is 0 Å². The highest BCUT2D eigenvalue weighted by Gasteiger charge is 2.42. The predicted molar refractivity (Wildman–Crippen MR) is 130 cm³/mol. The van der Waals surface area contributed by atoms with Crippen LogP contribution in [0.5, 0.6) is 5.88 Å². The lowest BCUT2D eigenvalue weighted by Crippen LogP contribution is -2.34. The second kappa shape index (κ2) is 12.9. The first kappa shape index (κ1) is 33.6. The van der Waals surface area contributed by atoms with Gasteiger partial charge < -0.3 is 9.94 Å². The zero-order valence-corrected chi connectivity index (χ0v) is 22.9. The molecule has 3 rings (SSSR count). The molecule has 18 heteroatoms. The van der Waals surface area contributed by atoms with E-state index in [0.29, 0.717) is 15.3 Å². The van der Waals surface area contributed by atoms with Gasteiger partial charge in [0.1, 0.15) is 0 Å². The molecule has 0 radical (unpaired) electrons. The molecule has 0 amide bonds. The van der Waals surface area contributed by atoms with Crippen LogP contribution in [0.2, 0.25) is 5.02 Å². The Bertz CT molecular complexity index is 1490. The normalized spacial score (nSPS) is 12.1. The molecular formula is C23H22ClF6N3O7S. The quantitative estimate of drug-likeness (QED) is 0.125. The van der Waals surface area contributed by atoms with Crippen LogP contribution in [0, 0.1) is 5.21 Å². The molecule has 0 saturated carbocycles. The molecule has 0 spiro atoms. The van der Waals surface area contributed by atoms with Gasteiger partial charge in [-0.15, -0.1) is 0 Å². The van der Waals surface area contributed by atoms with Crippen molar-refractivity contribution in [3.63, 3.8) is 0 Å². The number of ether oxygens (including phenoxy) is 1. The van der Waals surface area contributed by atoms with Gasteiger partial charge in [0.2, 0.25) is 15.7 Å². The van der Waals surface area contributed by atoms with Crippen LogP contribution in [0.25, 0.3) is 0 Å². The molecule has 0 aliphatic heterocycles. The number of hydrogen-bond donors (Lipinski definition) is 1. The average molecular weight is 634 g/mol.